The van der Waals surface area contributed by atoms with Gasteiger partial charge >= 0.3 is 5.97 Å². The van der Waals surface area contributed by atoms with Gasteiger partial charge in [0.05, 0.1) is 6.10 Å². The monoisotopic (exact) mass is 426 g/mol. The summed E-state index contributed by atoms with van der Waals surface area (Å²) < 4.78 is 36.9. The molecule has 4 aliphatic rings. The van der Waals surface area contributed by atoms with Crippen molar-refractivity contribution < 1.29 is 38.4 Å². The maximum absolute atomic E-state index is 16.9. The summed E-state index contributed by atoms with van der Waals surface area (Å²) >= 11 is 0. The summed E-state index contributed by atoms with van der Waals surface area (Å²) in [6.45, 7) is 3.82. The molecular weight excluding hydrogens is 398 g/mol. The predicted molar refractivity (Wildman–Crippen MR) is 101 cm³/mol. The standard InChI is InChI=1S/C22H28F2O6/c1-11-6-13-14-8-16(23)15-7-12(26)4-5-19(15,2)21(14,24)17(27)9-20(13,3)22(11,29)18(28)30-10-25/h4-5,7,11,13-14,16-17,25,27,29H,6,8-10H2,1-3H3/t11-,13+,14+,16+,17+,19+,20+,21+,22+/m1/s1. The highest BCUT2D eigenvalue weighted by atomic mass is 19.1. The molecule has 0 aliphatic heterocycles. The number of ketones is 1. The fraction of sp³-hybridized carbons (Fsp3) is 0.727. The van der Waals surface area contributed by atoms with E-state index in [1.165, 1.54) is 19.1 Å². The van der Waals surface area contributed by atoms with E-state index in [0.29, 0.717) is 0 Å². The second-order valence-electron chi connectivity index (χ2n) is 9.82. The Morgan fingerprint density at radius 3 is 2.60 bits per heavy atom. The first-order valence-corrected chi connectivity index (χ1v) is 10.3. The third kappa shape index (κ3) is 2.27. The largest absolute Gasteiger partial charge is 0.437 e. The number of carbonyl (C=O) groups excluding carboxylic acids is 2. The average molecular weight is 426 g/mol. The summed E-state index contributed by atoms with van der Waals surface area (Å²) in [6.07, 6.45) is 0.215. The SMILES string of the molecule is C[C@@H]1C[C@H]2[C@@H]3C[C@H](F)C4=CC(=O)C=C[C@]4(C)[C@@]3(F)[C@@H](O)C[C@]2(C)[C@@]1(O)C(=O)OCO. The van der Waals surface area contributed by atoms with E-state index in [9.17, 15) is 19.8 Å². The minimum Gasteiger partial charge on any atom is -0.437 e. The Kier molecular flexibility index (Phi) is 4.63. The van der Waals surface area contributed by atoms with Gasteiger partial charge in [-0.2, -0.15) is 0 Å². The Morgan fingerprint density at radius 2 is 1.97 bits per heavy atom. The van der Waals surface area contributed by atoms with Gasteiger partial charge in [-0.1, -0.05) is 19.9 Å². The number of ether oxygens (including phenoxy) is 1. The molecule has 0 spiro atoms. The summed E-state index contributed by atoms with van der Waals surface area (Å²) in [7, 11) is 0. The van der Waals surface area contributed by atoms with E-state index in [1.807, 2.05) is 0 Å². The van der Waals surface area contributed by atoms with Gasteiger partial charge in [0.25, 0.3) is 0 Å². The lowest BCUT2D eigenvalue weighted by Gasteiger charge is -2.62. The van der Waals surface area contributed by atoms with Crippen molar-refractivity contribution in [2.24, 2.45) is 28.6 Å². The fourth-order valence-electron chi connectivity index (χ4n) is 7.14. The van der Waals surface area contributed by atoms with E-state index < -0.39 is 70.7 Å². The van der Waals surface area contributed by atoms with Gasteiger partial charge in [-0.15, -0.1) is 0 Å². The Bertz CT molecular complexity index is 857. The van der Waals surface area contributed by atoms with E-state index in [4.69, 9.17) is 9.84 Å². The molecule has 0 radical (unpaired) electrons. The molecule has 3 saturated carbocycles. The molecule has 6 nitrogen and oxygen atoms in total. The Morgan fingerprint density at radius 1 is 1.30 bits per heavy atom. The van der Waals surface area contributed by atoms with Gasteiger partial charge in [0.2, 0.25) is 0 Å². The minimum absolute atomic E-state index is 0.0254. The van der Waals surface area contributed by atoms with Crippen LogP contribution < -0.4 is 0 Å². The maximum atomic E-state index is 16.9. The number of hydrogen-bond acceptors (Lipinski definition) is 6. The van der Waals surface area contributed by atoms with Gasteiger partial charge in [0.15, 0.2) is 23.8 Å². The number of carbonyl (C=O) groups is 2. The zero-order chi connectivity index (χ0) is 22.3. The molecule has 30 heavy (non-hydrogen) atoms. The number of aliphatic hydroxyl groups excluding tert-OH is 2. The maximum Gasteiger partial charge on any atom is 0.341 e. The Balaban J connectivity index is 1.84. The molecule has 0 bridgehead atoms. The van der Waals surface area contributed by atoms with Crippen LogP contribution in [0.25, 0.3) is 0 Å². The number of esters is 1. The molecule has 0 unspecified atom stereocenters. The first-order chi connectivity index (χ1) is 13.9. The zero-order valence-electron chi connectivity index (χ0n) is 17.3. The smallest absolute Gasteiger partial charge is 0.341 e. The molecule has 9 atom stereocenters. The highest BCUT2D eigenvalue weighted by molar-refractivity contribution is 6.01. The van der Waals surface area contributed by atoms with Crippen LogP contribution in [0, 0.1) is 28.6 Å². The van der Waals surface area contributed by atoms with Gasteiger partial charge < -0.3 is 20.1 Å². The lowest BCUT2D eigenvalue weighted by molar-refractivity contribution is -0.233. The Labute approximate surface area is 173 Å². The molecule has 0 heterocycles. The minimum atomic E-state index is -2.27. The van der Waals surface area contributed by atoms with Gasteiger partial charge in [-0.05, 0) is 55.7 Å². The summed E-state index contributed by atoms with van der Waals surface area (Å²) in [5.41, 5.74) is -7.08. The molecule has 3 fully saturated rings. The van der Waals surface area contributed by atoms with Crippen molar-refractivity contribution in [2.45, 2.75) is 63.6 Å². The highest BCUT2D eigenvalue weighted by Crippen LogP contribution is 2.70. The molecule has 3 N–H and O–H groups in total. The van der Waals surface area contributed by atoms with Crippen LogP contribution in [-0.2, 0) is 14.3 Å². The summed E-state index contributed by atoms with van der Waals surface area (Å²) in [6, 6.07) is 0. The van der Waals surface area contributed by atoms with Gasteiger partial charge in [0, 0.05) is 16.7 Å². The molecule has 4 rings (SSSR count). The van der Waals surface area contributed by atoms with Crippen LogP contribution in [-0.4, -0.2) is 57.4 Å². The van der Waals surface area contributed by atoms with Crippen molar-refractivity contribution in [3.05, 3.63) is 23.8 Å². The van der Waals surface area contributed by atoms with Crippen molar-refractivity contribution in [3.63, 3.8) is 0 Å². The van der Waals surface area contributed by atoms with Crippen molar-refractivity contribution >= 4 is 11.8 Å². The number of aliphatic hydroxyl groups is 3. The van der Waals surface area contributed by atoms with Gasteiger partial charge in [-0.3, -0.25) is 4.79 Å². The van der Waals surface area contributed by atoms with E-state index in [2.05, 4.69) is 0 Å². The highest BCUT2D eigenvalue weighted by Gasteiger charge is 2.77. The topological polar surface area (TPSA) is 104 Å². The number of allylic oxidation sites excluding steroid dienone is 4. The molecule has 0 amide bonds. The van der Waals surface area contributed by atoms with Crippen LogP contribution in [0.3, 0.4) is 0 Å². The molecule has 166 valence electrons. The van der Waals surface area contributed by atoms with Crippen LogP contribution in [0.2, 0.25) is 0 Å². The second-order valence-corrected chi connectivity index (χ2v) is 9.82. The average Bonchev–Trinajstić information content (AvgIpc) is 2.88. The lowest BCUT2D eigenvalue weighted by Crippen LogP contribution is -2.70. The van der Waals surface area contributed by atoms with E-state index in [0.717, 1.165) is 6.08 Å². The predicted octanol–water partition coefficient (Wildman–Crippen LogP) is 1.78. The third-order valence-electron chi connectivity index (χ3n) is 8.72. The zero-order valence-corrected chi connectivity index (χ0v) is 17.3. The van der Waals surface area contributed by atoms with Crippen LogP contribution in [0.5, 0.6) is 0 Å². The molecule has 0 aromatic carbocycles. The third-order valence-corrected chi connectivity index (χ3v) is 8.72. The number of alkyl halides is 2. The number of fused-ring (bicyclic) bond motifs is 5. The number of rotatable bonds is 2. The fourth-order valence-corrected chi connectivity index (χ4v) is 7.14. The second kappa shape index (κ2) is 6.43. The normalized spacial score (nSPS) is 52.2. The van der Waals surface area contributed by atoms with Crippen LogP contribution in [0.4, 0.5) is 8.78 Å². The summed E-state index contributed by atoms with van der Waals surface area (Å²) in [4.78, 5) is 24.5. The first-order valence-electron chi connectivity index (χ1n) is 10.3. The quantitative estimate of drug-likeness (QED) is 0.459. The number of hydrogen-bond donors (Lipinski definition) is 3. The van der Waals surface area contributed by atoms with Crippen molar-refractivity contribution in [1.29, 1.82) is 0 Å². The molecule has 0 aromatic rings. The van der Waals surface area contributed by atoms with Crippen LogP contribution in [0.1, 0.15) is 40.0 Å². The van der Waals surface area contributed by atoms with Crippen LogP contribution >= 0.6 is 0 Å². The van der Waals surface area contributed by atoms with E-state index >= 15 is 8.78 Å². The molecular formula is C22H28F2O6. The van der Waals surface area contributed by atoms with Crippen molar-refractivity contribution in [3.8, 4) is 0 Å². The molecule has 8 heteroatoms. The van der Waals surface area contributed by atoms with E-state index in [-0.39, 0.29) is 24.8 Å². The van der Waals surface area contributed by atoms with Crippen LogP contribution in [0.15, 0.2) is 23.8 Å². The first kappa shape index (κ1) is 21.6. The lowest BCUT2D eigenvalue weighted by atomic mass is 9.44. The summed E-state index contributed by atoms with van der Waals surface area (Å²) in [5, 5.41) is 31.5. The van der Waals surface area contributed by atoms with Gasteiger partial charge in [-0.25, -0.2) is 13.6 Å². The van der Waals surface area contributed by atoms with E-state index in [1.54, 1.807) is 13.8 Å². The number of halogens is 2. The molecule has 4 aliphatic carbocycles. The van der Waals surface area contributed by atoms with Crippen molar-refractivity contribution in [2.75, 3.05) is 6.79 Å². The molecule has 0 aromatic heterocycles. The molecule has 0 saturated heterocycles. The Hall–Kier alpha value is -1.64. The van der Waals surface area contributed by atoms with Crippen molar-refractivity contribution in [1.82, 2.24) is 0 Å². The summed E-state index contributed by atoms with van der Waals surface area (Å²) in [5.74, 6) is -3.69. The van der Waals surface area contributed by atoms with Gasteiger partial charge in [0.1, 0.15) is 6.17 Å².